The fourth-order valence-corrected chi connectivity index (χ4v) is 3.13. The molecule has 7 heteroatoms. The Morgan fingerprint density at radius 3 is 2.72 bits per heavy atom. The van der Waals surface area contributed by atoms with Crippen LogP contribution in [0.5, 0.6) is 5.75 Å². The second-order valence-electron chi connectivity index (χ2n) is 6.82. The minimum Gasteiger partial charge on any atom is -0.494 e. The van der Waals surface area contributed by atoms with Crippen molar-refractivity contribution in [2.24, 2.45) is 4.99 Å². The Morgan fingerprint density at radius 2 is 2.07 bits per heavy atom. The molecular weight excluding hydrogens is 390 g/mol. The number of nitrogens with one attached hydrogen (secondary N) is 2. The Labute approximate surface area is 176 Å². The minimum atomic E-state index is -0.259. The van der Waals surface area contributed by atoms with Crippen molar-refractivity contribution in [3.63, 3.8) is 0 Å². The van der Waals surface area contributed by atoms with Gasteiger partial charge in [0.1, 0.15) is 5.75 Å². The molecule has 6 nitrogen and oxygen atoms in total. The van der Waals surface area contributed by atoms with E-state index in [1.165, 1.54) is 0 Å². The van der Waals surface area contributed by atoms with Gasteiger partial charge in [0.05, 0.1) is 19.3 Å². The predicted octanol–water partition coefficient (Wildman–Crippen LogP) is 4.42. The molecule has 0 saturated carbocycles. The number of hydrogen-bond donors (Lipinski definition) is 2. The van der Waals surface area contributed by atoms with Crippen LogP contribution >= 0.6 is 11.6 Å². The number of guanidine groups is 1. The fraction of sp³-hybridized carbons (Fsp3) is 0.364. The summed E-state index contributed by atoms with van der Waals surface area (Å²) in [6, 6.07) is 12.6. The fourth-order valence-electron chi connectivity index (χ4n) is 2.95. The number of benzene rings is 2. The van der Waals surface area contributed by atoms with E-state index in [1.54, 1.807) is 24.3 Å². The van der Waals surface area contributed by atoms with Gasteiger partial charge < -0.3 is 14.8 Å². The number of nitrogens with zero attached hydrogens (tertiary/aromatic N) is 1. The van der Waals surface area contributed by atoms with E-state index >= 15 is 0 Å². The summed E-state index contributed by atoms with van der Waals surface area (Å²) in [7, 11) is 0. The molecule has 29 heavy (non-hydrogen) atoms. The summed E-state index contributed by atoms with van der Waals surface area (Å²) < 4.78 is 11.1. The Hall–Kier alpha value is -2.57. The number of rotatable bonds is 6. The molecule has 0 spiro atoms. The summed E-state index contributed by atoms with van der Waals surface area (Å²) >= 11 is 6.22. The molecule has 0 aliphatic carbocycles. The van der Waals surface area contributed by atoms with Gasteiger partial charge in [-0.1, -0.05) is 17.7 Å². The first-order valence-electron chi connectivity index (χ1n) is 9.78. The first-order chi connectivity index (χ1) is 14.0. The zero-order valence-electron chi connectivity index (χ0n) is 16.7. The topological polar surface area (TPSA) is 72.0 Å². The molecule has 1 heterocycles. The summed E-state index contributed by atoms with van der Waals surface area (Å²) in [5.41, 5.74) is 2.24. The Balaban J connectivity index is 1.73. The number of halogens is 1. The summed E-state index contributed by atoms with van der Waals surface area (Å²) in [6.07, 6.45) is 2.09. The number of aryl methyl sites for hydroxylation is 1. The van der Waals surface area contributed by atoms with Gasteiger partial charge in [0.25, 0.3) is 5.91 Å². The van der Waals surface area contributed by atoms with Gasteiger partial charge in [-0.05, 0) is 68.7 Å². The molecule has 1 aliphatic rings. The average molecular weight is 416 g/mol. The highest BCUT2D eigenvalue weighted by Crippen LogP contribution is 2.20. The van der Waals surface area contributed by atoms with Crippen LogP contribution in [0.1, 0.15) is 35.7 Å². The van der Waals surface area contributed by atoms with E-state index in [0.29, 0.717) is 29.7 Å². The highest BCUT2D eigenvalue weighted by molar-refractivity contribution is 6.31. The number of ether oxygens (including phenoxy) is 2. The van der Waals surface area contributed by atoms with Crippen LogP contribution < -0.4 is 15.4 Å². The van der Waals surface area contributed by atoms with Gasteiger partial charge in [0.15, 0.2) is 0 Å². The lowest BCUT2D eigenvalue weighted by molar-refractivity contribution is 0.0975. The second-order valence-corrected chi connectivity index (χ2v) is 7.23. The molecule has 2 N–H and O–H groups in total. The molecule has 1 atom stereocenters. The second kappa shape index (κ2) is 10.3. The van der Waals surface area contributed by atoms with Crippen molar-refractivity contribution in [1.29, 1.82) is 0 Å². The summed E-state index contributed by atoms with van der Waals surface area (Å²) in [5, 5.41) is 6.65. The number of carbonyl (C=O) groups is 1. The predicted molar refractivity (Wildman–Crippen MR) is 116 cm³/mol. The van der Waals surface area contributed by atoms with Crippen LogP contribution in [-0.4, -0.2) is 37.7 Å². The van der Waals surface area contributed by atoms with Crippen molar-refractivity contribution in [3.05, 3.63) is 58.6 Å². The first-order valence-corrected chi connectivity index (χ1v) is 10.2. The van der Waals surface area contributed by atoms with Gasteiger partial charge in [0.2, 0.25) is 5.96 Å². The van der Waals surface area contributed by atoms with Crippen LogP contribution in [0.2, 0.25) is 5.02 Å². The SMILES string of the molecule is CCOc1ccc(C(=O)NC(=NCC2CCCO2)Nc2ccc(C)c(Cl)c2)cc1. The van der Waals surface area contributed by atoms with Crippen LogP contribution in [0.25, 0.3) is 0 Å². The van der Waals surface area contributed by atoms with Gasteiger partial charge >= 0.3 is 0 Å². The van der Waals surface area contributed by atoms with Crippen LogP contribution in [0.15, 0.2) is 47.5 Å². The van der Waals surface area contributed by atoms with Gasteiger partial charge in [-0.3, -0.25) is 10.1 Å². The van der Waals surface area contributed by atoms with E-state index in [2.05, 4.69) is 15.6 Å². The maximum Gasteiger partial charge on any atom is 0.257 e. The molecule has 1 aliphatic heterocycles. The van der Waals surface area contributed by atoms with E-state index in [4.69, 9.17) is 21.1 Å². The van der Waals surface area contributed by atoms with Crippen molar-refractivity contribution in [1.82, 2.24) is 5.32 Å². The maximum atomic E-state index is 12.7. The lowest BCUT2D eigenvalue weighted by Gasteiger charge is -2.14. The van der Waals surface area contributed by atoms with Crippen molar-refractivity contribution < 1.29 is 14.3 Å². The molecule has 0 bridgehead atoms. The van der Waals surface area contributed by atoms with Gasteiger partial charge in [-0.25, -0.2) is 4.99 Å². The Kier molecular flexibility index (Phi) is 7.49. The van der Waals surface area contributed by atoms with E-state index in [0.717, 1.165) is 36.4 Å². The van der Waals surface area contributed by atoms with E-state index in [9.17, 15) is 4.79 Å². The smallest absolute Gasteiger partial charge is 0.257 e. The zero-order valence-corrected chi connectivity index (χ0v) is 17.5. The van der Waals surface area contributed by atoms with Crippen LogP contribution in [0.3, 0.4) is 0 Å². The molecule has 1 fully saturated rings. The van der Waals surface area contributed by atoms with E-state index in [1.807, 2.05) is 32.0 Å². The van der Waals surface area contributed by atoms with E-state index in [-0.39, 0.29) is 12.0 Å². The van der Waals surface area contributed by atoms with Crippen molar-refractivity contribution in [2.75, 3.05) is 25.1 Å². The monoisotopic (exact) mass is 415 g/mol. The highest BCUT2D eigenvalue weighted by atomic mass is 35.5. The molecule has 3 rings (SSSR count). The largest absolute Gasteiger partial charge is 0.494 e. The average Bonchev–Trinajstić information content (AvgIpc) is 3.23. The van der Waals surface area contributed by atoms with E-state index < -0.39 is 0 Å². The third kappa shape index (κ3) is 6.21. The van der Waals surface area contributed by atoms with Gasteiger partial charge in [-0.2, -0.15) is 0 Å². The molecule has 0 aromatic heterocycles. The lowest BCUT2D eigenvalue weighted by atomic mass is 10.2. The molecule has 1 amide bonds. The maximum absolute atomic E-state index is 12.7. The molecule has 154 valence electrons. The van der Waals surface area contributed by atoms with Gasteiger partial charge in [0, 0.05) is 22.9 Å². The number of anilines is 1. The van der Waals surface area contributed by atoms with Gasteiger partial charge in [-0.15, -0.1) is 0 Å². The Bertz CT molecular complexity index is 862. The van der Waals surface area contributed by atoms with Crippen LogP contribution in [0.4, 0.5) is 5.69 Å². The molecular formula is C22H26ClN3O3. The third-order valence-electron chi connectivity index (χ3n) is 4.57. The quantitative estimate of drug-likeness (QED) is 0.541. The normalized spacial score (nSPS) is 16.5. The number of carbonyl (C=O) groups excluding carboxylic acids is 1. The molecule has 1 saturated heterocycles. The third-order valence-corrected chi connectivity index (χ3v) is 4.98. The molecule has 2 aromatic rings. The molecule has 0 radical (unpaired) electrons. The highest BCUT2D eigenvalue weighted by Gasteiger charge is 2.16. The Morgan fingerprint density at radius 1 is 1.28 bits per heavy atom. The lowest BCUT2D eigenvalue weighted by Crippen LogP contribution is -2.36. The minimum absolute atomic E-state index is 0.0794. The summed E-state index contributed by atoms with van der Waals surface area (Å²) in [6.45, 7) is 5.67. The number of aliphatic imine (C=N–C) groups is 1. The standard InChI is InChI=1S/C22H26ClN3O3/c1-3-28-18-10-7-16(8-11-18)21(27)26-22(24-14-19-5-4-12-29-19)25-17-9-6-15(2)20(23)13-17/h6-11,13,19H,3-5,12,14H2,1-2H3,(H2,24,25,26,27). The first kappa shape index (κ1) is 21.1. The number of hydrogen-bond acceptors (Lipinski definition) is 4. The molecule has 1 unspecified atom stereocenters. The molecule has 2 aromatic carbocycles. The number of amides is 1. The van der Waals surface area contributed by atoms with Crippen LogP contribution in [-0.2, 0) is 4.74 Å². The van der Waals surface area contributed by atoms with Crippen molar-refractivity contribution >= 4 is 29.2 Å². The van der Waals surface area contributed by atoms with Crippen molar-refractivity contribution in [3.8, 4) is 5.75 Å². The summed E-state index contributed by atoms with van der Waals surface area (Å²) in [5.74, 6) is 0.827. The van der Waals surface area contributed by atoms with Crippen LogP contribution in [0, 0.1) is 6.92 Å². The zero-order chi connectivity index (χ0) is 20.6. The summed E-state index contributed by atoms with van der Waals surface area (Å²) in [4.78, 5) is 17.2. The van der Waals surface area contributed by atoms with Crippen molar-refractivity contribution in [2.45, 2.75) is 32.8 Å².